The van der Waals surface area contributed by atoms with Gasteiger partial charge < -0.3 is 19.7 Å². The molecule has 0 spiro atoms. The van der Waals surface area contributed by atoms with Crippen molar-refractivity contribution in [2.24, 2.45) is 0 Å². The second kappa shape index (κ2) is 6.16. The van der Waals surface area contributed by atoms with E-state index >= 15 is 0 Å². The summed E-state index contributed by atoms with van der Waals surface area (Å²) in [5, 5.41) is 3.33. The highest BCUT2D eigenvalue weighted by Crippen LogP contribution is 2.23. The van der Waals surface area contributed by atoms with Crippen LogP contribution >= 0.6 is 0 Å². The Morgan fingerprint density at radius 1 is 1.32 bits per heavy atom. The van der Waals surface area contributed by atoms with Gasteiger partial charge in [0, 0.05) is 45.2 Å². The number of nitrogens with zero attached hydrogens (tertiary/aromatic N) is 3. The van der Waals surface area contributed by atoms with Gasteiger partial charge in [-0.15, -0.1) is 0 Å². The molecule has 0 saturated carbocycles. The zero-order valence-electron chi connectivity index (χ0n) is 11.0. The summed E-state index contributed by atoms with van der Waals surface area (Å²) in [4.78, 5) is 10.9. The fraction of sp³-hybridized carbons (Fsp3) is 0.692. The van der Waals surface area contributed by atoms with E-state index < -0.39 is 0 Å². The minimum atomic E-state index is 0.206. The molecule has 2 aliphatic rings. The van der Waals surface area contributed by atoms with E-state index in [-0.39, 0.29) is 6.10 Å². The van der Waals surface area contributed by atoms with Crippen LogP contribution in [-0.2, 0) is 4.74 Å². The largest absolute Gasteiger partial charge is 0.472 e. The third-order valence-corrected chi connectivity index (χ3v) is 3.49. The molecule has 104 valence electrons. The van der Waals surface area contributed by atoms with E-state index in [0.29, 0.717) is 12.5 Å². The fourth-order valence-corrected chi connectivity index (χ4v) is 2.46. The summed E-state index contributed by atoms with van der Waals surface area (Å²) < 4.78 is 11.4. The predicted octanol–water partition coefficient (Wildman–Crippen LogP) is 0.444. The lowest BCUT2D eigenvalue weighted by atomic mass is 10.2. The highest BCUT2D eigenvalue weighted by atomic mass is 16.5. The minimum absolute atomic E-state index is 0.206. The van der Waals surface area contributed by atoms with Crippen LogP contribution in [0.4, 0.5) is 5.82 Å². The molecule has 2 saturated heterocycles. The van der Waals surface area contributed by atoms with E-state index in [2.05, 4.69) is 20.2 Å². The van der Waals surface area contributed by atoms with Gasteiger partial charge in [0.25, 0.3) is 5.88 Å². The number of rotatable bonds is 4. The highest BCUT2D eigenvalue weighted by molar-refractivity contribution is 5.48. The summed E-state index contributed by atoms with van der Waals surface area (Å²) in [5.41, 5.74) is 0. The van der Waals surface area contributed by atoms with Gasteiger partial charge in [0.05, 0.1) is 6.10 Å². The molecular formula is C13H20N4O2. The van der Waals surface area contributed by atoms with Gasteiger partial charge >= 0.3 is 0 Å². The Hall–Kier alpha value is -1.40. The van der Waals surface area contributed by atoms with Crippen molar-refractivity contribution >= 4 is 5.82 Å². The second-order valence-corrected chi connectivity index (χ2v) is 4.87. The fourth-order valence-electron chi connectivity index (χ4n) is 2.46. The van der Waals surface area contributed by atoms with E-state index in [0.717, 1.165) is 51.4 Å². The van der Waals surface area contributed by atoms with Crippen LogP contribution in [0.2, 0.25) is 0 Å². The van der Waals surface area contributed by atoms with Crippen molar-refractivity contribution < 1.29 is 9.47 Å². The van der Waals surface area contributed by atoms with Gasteiger partial charge in [0.15, 0.2) is 5.82 Å². The van der Waals surface area contributed by atoms with Crippen molar-refractivity contribution in [2.75, 3.05) is 44.3 Å². The molecule has 0 radical (unpaired) electrons. The number of anilines is 1. The summed E-state index contributed by atoms with van der Waals surface area (Å²) in [6.45, 7) is 5.24. The smallest absolute Gasteiger partial charge is 0.257 e. The summed E-state index contributed by atoms with van der Waals surface area (Å²) in [5.74, 6) is 1.47. The van der Waals surface area contributed by atoms with Crippen LogP contribution in [0, 0.1) is 0 Å². The molecule has 1 aromatic rings. The summed E-state index contributed by atoms with van der Waals surface area (Å²) in [6, 6.07) is 0. The minimum Gasteiger partial charge on any atom is -0.472 e. The Morgan fingerprint density at radius 3 is 2.95 bits per heavy atom. The lowest BCUT2D eigenvalue weighted by Crippen LogP contribution is -2.44. The Morgan fingerprint density at radius 2 is 2.16 bits per heavy atom. The monoisotopic (exact) mass is 264 g/mol. The van der Waals surface area contributed by atoms with Crippen molar-refractivity contribution in [2.45, 2.75) is 18.9 Å². The molecule has 0 aliphatic carbocycles. The van der Waals surface area contributed by atoms with Gasteiger partial charge in [-0.1, -0.05) is 0 Å². The van der Waals surface area contributed by atoms with Gasteiger partial charge in [0.1, 0.15) is 6.61 Å². The molecule has 2 fully saturated rings. The SMILES string of the molecule is c1cnc(N2CCNCC2)c(OCC2CCCO2)n1. The third kappa shape index (κ3) is 3.13. The second-order valence-electron chi connectivity index (χ2n) is 4.87. The van der Waals surface area contributed by atoms with Gasteiger partial charge in [-0.05, 0) is 12.8 Å². The lowest BCUT2D eigenvalue weighted by Gasteiger charge is -2.29. The first-order chi connectivity index (χ1) is 9.43. The molecule has 2 aliphatic heterocycles. The van der Waals surface area contributed by atoms with Crippen LogP contribution in [0.3, 0.4) is 0 Å². The van der Waals surface area contributed by atoms with Gasteiger partial charge in [-0.2, -0.15) is 0 Å². The summed E-state index contributed by atoms with van der Waals surface area (Å²) in [7, 11) is 0. The third-order valence-electron chi connectivity index (χ3n) is 3.49. The molecule has 3 rings (SSSR count). The van der Waals surface area contributed by atoms with Crippen LogP contribution in [0.5, 0.6) is 5.88 Å². The molecule has 6 nitrogen and oxygen atoms in total. The normalized spacial score (nSPS) is 23.6. The average molecular weight is 264 g/mol. The summed E-state index contributed by atoms with van der Waals surface area (Å²) >= 11 is 0. The molecule has 1 aromatic heterocycles. The van der Waals surface area contributed by atoms with Crippen molar-refractivity contribution in [1.82, 2.24) is 15.3 Å². The van der Waals surface area contributed by atoms with E-state index in [4.69, 9.17) is 9.47 Å². The molecular weight excluding hydrogens is 244 g/mol. The number of nitrogens with one attached hydrogen (secondary N) is 1. The Labute approximate surface area is 113 Å². The zero-order valence-corrected chi connectivity index (χ0v) is 11.0. The van der Waals surface area contributed by atoms with E-state index in [1.54, 1.807) is 12.4 Å². The Balaban J connectivity index is 1.65. The van der Waals surface area contributed by atoms with Crippen LogP contribution in [0.15, 0.2) is 12.4 Å². The van der Waals surface area contributed by atoms with Crippen molar-refractivity contribution in [3.8, 4) is 5.88 Å². The molecule has 1 atom stereocenters. The standard InChI is InChI=1S/C13H20N4O2/c1-2-11(18-9-1)10-19-13-12(15-3-4-16-13)17-7-5-14-6-8-17/h3-4,11,14H,1-2,5-10H2. The van der Waals surface area contributed by atoms with Crippen LogP contribution in [0.1, 0.15) is 12.8 Å². The van der Waals surface area contributed by atoms with Crippen molar-refractivity contribution in [3.63, 3.8) is 0 Å². The molecule has 0 bridgehead atoms. The van der Waals surface area contributed by atoms with E-state index in [9.17, 15) is 0 Å². The maximum atomic E-state index is 5.81. The first-order valence-electron chi connectivity index (χ1n) is 6.94. The molecule has 6 heteroatoms. The molecule has 1 N–H and O–H groups in total. The predicted molar refractivity (Wildman–Crippen MR) is 71.6 cm³/mol. The number of ether oxygens (including phenoxy) is 2. The first-order valence-corrected chi connectivity index (χ1v) is 6.94. The average Bonchev–Trinajstić information content (AvgIpc) is 3.00. The quantitative estimate of drug-likeness (QED) is 0.852. The van der Waals surface area contributed by atoms with Crippen LogP contribution < -0.4 is 15.0 Å². The first kappa shape index (κ1) is 12.6. The highest BCUT2D eigenvalue weighted by Gasteiger charge is 2.20. The molecule has 19 heavy (non-hydrogen) atoms. The molecule has 3 heterocycles. The Kier molecular flexibility index (Phi) is 4.10. The van der Waals surface area contributed by atoms with Gasteiger partial charge in [0.2, 0.25) is 0 Å². The van der Waals surface area contributed by atoms with E-state index in [1.807, 2.05) is 0 Å². The van der Waals surface area contributed by atoms with Crippen molar-refractivity contribution in [3.05, 3.63) is 12.4 Å². The topological polar surface area (TPSA) is 59.5 Å². The Bertz CT molecular complexity index is 403. The maximum absolute atomic E-state index is 5.81. The van der Waals surface area contributed by atoms with Crippen LogP contribution in [0.25, 0.3) is 0 Å². The van der Waals surface area contributed by atoms with Gasteiger partial charge in [-0.25, -0.2) is 9.97 Å². The number of piperazine rings is 1. The van der Waals surface area contributed by atoms with Crippen LogP contribution in [-0.4, -0.2) is 55.5 Å². The van der Waals surface area contributed by atoms with E-state index in [1.165, 1.54) is 0 Å². The number of hydrogen-bond acceptors (Lipinski definition) is 6. The van der Waals surface area contributed by atoms with Gasteiger partial charge in [-0.3, -0.25) is 0 Å². The summed E-state index contributed by atoms with van der Waals surface area (Å²) in [6.07, 6.45) is 5.80. The number of aromatic nitrogens is 2. The molecule has 0 amide bonds. The molecule has 1 unspecified atom stereocenters. The van der Waals surface area contributed by atoms with Crippen molar-refractivity contribution in [1.29, 1.82) is 0 Å². The lowest BCUT2D eigenvalue weighted by molar-refractivity contribution is 0.0663. The molecule has 0 aromatic carbocycles. The maximum Gasteiger partial charge on any atom is 0.257 e. The zero-order chi connectivity index (χ0) is 12.9. The number of hydrogen-bond donors (Lipinski definition) is 1.